The SMILES string of the molecule is C[C@H]1O[C@@]1(Cn1ccnn1)c1cccc(F)c1F. The molecule has 2 heterocycles. The van der Waals surface area contributed by atoms with Crippen molar-refractivity contribution in [2.75, 3.05) is 0 Å². The van der Waals surface area contributed by atoms with Crippen molar-refractivity contribution in [3.8, 4) is 0 Å². The highest BCUT2D eigenvalue weighted by Crippen LogP contribution is 2.48. The van der Waals surface area contributed by atoms with Crippen molar-refractivity contribution in [1.29, 1.82) is 0 Å². The van der Waals surface area contributed by atoms with Crippen LogP contribution < -0.4 is 0 Å². The molecule has 1 saturated heterocycles. The maximum atomic E-state index is 13.8. The molecule has 0 N–H and O–H groups in total. The summed E-state index contributed by atoms with van der Waals surface area (Å²) in [6.07, 6.45) is 3.01. The Hall–Kier alpha value is -1.82. The summed E-state index contributed by atoms with van der Waals surface area (Å²) in [5.74, 6) is -1.73. The zero-order valence-corrected chi connectivity index (χ0v) is 9.68. The average molecular weight is 251 g/mol. The first kappa shape index (κ1) is 11.3. The van der Waals surface area contributed by atoms with Crippen LogP contribution in [0.15, 0.2) is 30.6 Å². The molecule has 0 bridgehead atoms. The summed E-state index contributed by atoms with van der Waals surface area (Å²) in [4.78, 5) is 0. The van der Waals surface area contributed by atoms with Gasteiger partial charge in [-0.15, -0.1) is 5.10 Å². The molecule has 2 aromatic rings. The van der Waals surface area contributed by atoms with Crippen LogP contribution in [-0.4, -0.2) is 21.1 Å². The fourth-order valence-corrected chi connectivity index (χ4v) is 2.20. The molecule has 1 aromatic carbocycles. The van der Waals surface area contributed by atoms with Crippen LogP contribution in [0.4, 0.5) is 8.78 Å². The first-order valence-electron chi connectivity index (χ1n) is 5.60. The minimum absolute atomic E-state index is 0.182. The van der Waals surface area contributed by atoms with Crippen molar-refractivity contribution in [2.45, 2.75) is 25.2 Å². The van der Waals surface area contributed by atoms with Crippen LogP contribution >= 0.6 is 0 Å². The number of nitrogens with zero attached hydrogens (tertiary/aromatic N) is 3. The van der Waals surface area contributed by atoms with Crippen molar-refractivity contribution >= 4 is 0 Å². The number of hydrogen-bond acceptors (Lipinski definition) is 3. The lowest BCUT2D eigenvalue weighted by Crippen LogP contribution is -2.22. The summed E-state index contributed by atoms with van der Waals surface area (Å²) in [6, 6.07) is 4.11. The molecule has 0 unspecified atom stereocenters. The fraction of sp³-hybridized carbons (Fsp3) is 0.333. The number of hydrogen-bond donors (Lipinski definition) is 0. The number of ether oxygens (including phenoxy) is 1. The van der Waals surface area contributed by atoms with E-state index in [-0.39, 0.29) is 11.7 Å². The maximum Gasteiger partial charge on any atom is 0.165 e. The Labute approximate surface area is 102 Å². The summed E-state index contributed by atoms with van der Waals surface area (Å²) >= 11 is 0. The van der Waals surface area contributed by atoms with E-state index in [0.717, 1.165) is 6.07 Å². The number of epoxide rings is 1. The predicted molar refractivity (Wildman–Crippen MR) is 58.6 cm³/mol. The minimum atomic E-state index is -0.867. The number of rotatable bonds is 3. The van der Waals surface area contributed by atoms with E-state index in [1.54, 1.807) is 16.9 Å². The van der Waals surface area contributed by atoms with Gasteiger partial charge in [-0.2, -0.15) is 0 Å². The van der Waals surface area contributed by atoms with E-state index in [4.69, 9.17) is 4.74 Å². The van der Waals surface area contributed by atoms with Gasteiger partial charge in [-0.25, -0.2) is 13.5 Å². The van der Waals surface area contributed by atoms with Crippen LogP contribution in [0.25, 0.3) is 0 Å². The Morgan fingerprint density at radius 1 is 1.44 bits per heavy atom. The van der Waals surface area contributed by atoms with Crippen molar-refractivity contribution in [3.05, 3.63) is 47.8 Å². The molecule has 0 radical (unpaired) electrons. The Bertz CT molecular complexity index is 573. The highest BCUT2D eigenvalue weighted by atomic mass is 19.2. The third-order valence-corrected chi connectivity index (χ3v) is 3.26. The quantitative estimate of drug-likeness (QED) is 0.782. The molecule has 4 nitrogen and oxygen atoms in total. The molecule has 2 atom stereocenters. The normalized spacial score (nSPS) is 26.3. The van der Waals surface area contributed by atoms with Crippen LogP contribution in [0.2, 0.25) is 0 Å². The minimum Gasteiger partial charge on any atom is -0.359 e. The van der Waals surface area contributed by atoms with Crippen molar-refractivity contribution < 1.29 is 13.5 Å². The average Bonchev–Trinajstić information content (AvgIpc) is 2.77. The molecule has 0 spiro atoms. The molecule has 0 aliphatic carbocycles. The molecule has 94 valence electrons. The molecule has 1 fully saturated rings. The van der Waals surface area contributed by atoms with E-state index in [0.29, 0.717) is 6.54 Å². The Morgan fingerprint density at radius 2 is 2.22 bits per heavy atom. The van der Waals surface area contributed by atoms with Crippen LogP contribution in [0.3, 0.4) is 0 Å². The van der Waals surface area contributed by atoms with E-state index in [9.17, 15) is 8.78 Å². The van der Waals surface area contributed by atoms with Gasteiger partial charge in [0.2, 0.25) is 0 Å². The van der Waals surface area contributed by atoms with Gasteiger partial charge in [0.05, 0.1) is 18.8 Å². The largest absolute Gasteiger partial charge is 0.359 e. The predicted octanol–water partition coefficient (Wildman–Crippen LogP) is 1.87. The topological polar surface area (TPSA) is 43.2 Å². The molecule has 18 heavy (non-hydrogen) atoms. The zero-order valence-electron chi connectivity index (χ0n) is 9.68. The summed E-state index contributed by atoms with van der Waals surface area (Å²) in [5.41, 5.74) is -0.620. The summed E-state index contributed by atoms with van der Waals surface area (Å²) in [7, 11) is 0. The number of halogens is 2. The lowest BCUT2D eigenvalue weighted by atomic mass is 9.95. The Balaban J connectivity index is 2.00. The van der Waals surface area contributed by atoms with E-state index < -0.39 is 17.2 Å². The molecule has 6 heteroatoms. The highest BCUT2D eigenvalue weighted by molar-refractivity contribution is 5.31. The Morgan fingerprint density at radius 3 is 2.83 bits per heavy atom. The first-order valence-corrected chi connectivity index (χ1v) is 5.60. The van der Waals surface area contributed by atoms with Gasteiger partial charge >= 0.3 is 0 Å². The van der Waals surface area contributed by atoms with Crippen molar-refractivity contribution in [1.82, 2.24) is 15.0 Å². The van der Waals surface area contributed by atoms with Crippen LogP contribution in [0.1, 0.15) is 12.5 Å². The molecule has 1 aliphatic heterocycles. The Kier molecular flexibility index (Phi) is 2.41. The lowest BCUT2D eigenvalue weighted by Gasteiger charge is -2.14. The van der Waals surface area contributed by atoms with Gasteiger partial charge in [0.15, 0.2) is 11.6 Å². The van der Waals surface area contributed by atoms with E-state index >= 15 is 0 Å². The van der Waals surface area contributed by atoms with Crippen LogP contribution in [0.5, 0.6) is 0 Å². The summed E-state index contributed by atoms with van der Waals surface area (Å²) in [5, 5.41) is 7.51. The van der Waals surface area contributed by atoms with Gasteiger partial charge in [-0.3, -0.25) is 0 Å². The smallest absolute Gasteiger partial charge is 0.165 e. The lowest BCUT2D eigenvalue weighted by molar-refractivity contribution is 0.254. The molecular formula is C12H11F2N3O. The van der Waals surface area contributed by atoms with Gasteiger partial charge in [0.1, 0.15) is 5.60 Å². The second-order valence-electron chi connectivity index (χ2n) is 4.35. The first-order chi connectivity index (χ1) is 8.63. The van der Waals surface area contributed by atoms with Gasteiger partial charge in [-0.1, -0.05) is 17.3 Å². The standard InChI is InChI=1S/C12H11F2N3O/c1-8-12(18-8,7-17-6-5-15-16-17)9-3-2-4-10(13)11(9)14/h2-6,8H,7H2,1H3/t8-,12-/m1/s1. The van der Waals surface area contributed by atoms with Gasteiger partial charge in [-0.05, 0) is 13.0 Å². The third kappa shape index (κ3) is 1.60. The second-order valence-corrected chi connectivity index (χ2v) is 4.35. The molecule has 0 amide bonds. The number of benzene rings is 1. The third-order valence-electron chi connectivity index (χ3n) is 3.26. The second kappa shape index (κ2) is 3.84. The zero-order chi connectivity index (χ0) is 12.8. The van der Waals surface area contributed by atoms with Gasteiger partial charge in [0, 0.05) is 11.8 Å². The maximum absolute atomic E-state index is 13.8. The van der Waals surface area contributed by atoms with Crippen LogP contribution in [0, 0.1) is 11.6 Å². The van der Waals surface area contributed by atoms with Crippen LogP contribution in [-0.2, 0) is 16.9 Å². The van der Waals surface area contributed by atoms with Gasteiger partial charge in [0.25, 0.3) is 0 Å². The van der Waals surface area contributed by atoms with Crippen molar-refractivity contribution in [2.24, 2.45) is 0 Å². The monoisotopic (exact) mass is 251 g/mol. The van der Waals surface area contributed by atoms with E-state index in [2.05, 4.69) is 10.3 Å². The summed E-state index contributed by atoms with van der Waals surface area (Å²) < 4.78 is 34.2. The molecule has 1 aromatic heterocycles. The molecule has 0 saturated carbocycles. The molecule has 3 rings (SSSR count). The van der Waals surface area contributed by atoms with Gasteiger partial charge < -0.3 is 4.74 Å². The van der Waals surface area contributed by atoms with E-state index in [1.165, 1.54) is 12.3 Å². The molecule has 1 aliphatic rings. The summed E-state index contributed by atoms with van der Waals surface area (Å²) in [6.45, 7) is 2.13. The van der Waals surface area contributed by atoms with E-state index in [1.807, 2.05) is 6.92 Å². The fourth-order valence-electron chi connectivity index (χ4n) is 2.20. The molecular weight excluding hydrogens is 240 g/mol. The number of aromatic nitrogens is 3. The highest BCUT2D eigenvalue weighted by Gasteiger charge is 2.57. The van der Waals surface area contributed by atoms with Crippen molar-refractivity contribution in [3.63, 3.8) is 0 Å².